The van der Waals surface area contributed by atoms with Crippen LogP contribution in [0, 0.1) is 0 Å². The van der Waals surface area contributed by atoms with E-state index in [1.165, 1.54) is 11.1 Å². The summed E-state index contributed by atoms with van der Waals surface area (Å²) in [6, 6.07) is 2.24. The van der Waals surface area contributed by atoms with E-state index in [9.17, 15) is 0 Å². The van der Waals surface area contributed by atoms with E-state index in [2.05, 4.69) is 6.07 Å². The van der Waals surface area contributed by atoms with Gasteiger partial charge < -0.3 is 19.9 Å². The highest BCUT2D eigenvalue weighted by Crippen LogP contribution is 2.43. The monoisotopic (exact) mass is 251 g/mol. The van der Waals surface area contributed by atoms with Crippen molar-refractivity contribution >= 4 is 0 Å². The third-order valence-corrected chi connectivity index (χ3v) is 3.51. The van der Waals surface area contributed by atoms with Gasteiger partial charge in [-0.25, -0.2) is 0 Å². The second-order valence-electron chi connectivity index (χ2n) is 4.64. The molecule has 1 aromatic carbocycles. The van der Waals surface area contributed by atoms with Gasteiger partial charge in [-0.15, -0.1) is 0 Å². The Hall–Kier alpha value is -1.42. The molecular formula is C14H21NO3. The number of methoxy groups -OCH3 is 3. The van der Waals surface area contributed by atoms with Gasteiger partial charge in [-0.05, 0) is 37.3 Å². The molecule has 1 aliphatic rings. The maximum absolute atomic E-state index is 6.11. The number of aryl methyl sites for hydroxylation is 1. The van der Waals surface area contributed by atoms with Gasteiger partial charge in [0.15, 0.2) is 11.5 Å². The minimum Gasteiger partial charge on any atom is -0.493 e. The second kappa shape index (κ2) is 5.48. The van der Waals surface area contributed by atoms with E-state index in [1.807, 2.05) is 0 Å². The van der Waals surface area contributed by atoms with Crippen molar-refractivity contribution in [2.24, 2.45) is 5.73 Å². The lowest BCUT2D eigenvalue weighted by Gasteiger charge is -2.19. The Balaban J connectivity index is 2.58. The molecule has 1 atom stereocenters. The molecule has 0 radical (unpaired) electrons. The predicted molar refractivity (Wildman–Crippen MR) is 70.7 cm³/mol. The van der Waals surface area contributed by atoms with Crippen LogP contribution in [0.2, 0.25) is 0 Å². The van der Waals surface area contributed by atoms with E-state index in [0.29, 0.717) is 5.75 Å². The first-order chi connectivity index (χ1) is 8.71. The molecule has 18 heavy (non-hydrogen) atoms. The molecule has 0 aromatic heterocycles. The summed E-state index contributed by atoms with van der Waals surface area (Å²) in [4.78, 5) is 0. The summed E-state index contributed by atoms with van der Waals surface area (Å²) in [6.07, 6.45) is 3.99. The summed E-state index contributed by atoms with van der Waals surface area (Å²) in [5.74, 6) is 2.15. The average molecular weight is 251 g/mol. The standard InChI is InChI=1S/C14H21NO3/c1-16-12-7-9-5-4-6-10(15)8-11(9)13(17-2)14(12)18-3/h7,10H,4-6,8,15H2,1-3H3. The number of nitrogens with two attached hydrogens (primary N) is 1. The van der Waals surface area contributed by atoms with Crippen LogP contribution in [0.5, 0.6) is 17.2 Å². The summed E-state index contributed by atoms with van der Waals surface area (Å²) in [5, 5.41) is 0. The van der Waals surface area contributed by atoms with Gasteiger partial charge in [-0.1, -0.05) is 0 Å². The molecule has 4 nitrogen and oxygen atoms in total. The summed E-state index contributed by atoms with van der Waals surface area (Å²) in [7, 11) is 4.93. The van der Waals surface area contributed by atoms with Gasteiger partial charge in [-0.2, -0.15) is 0 Å². The fraction of sp³-hybridized carbons (Fsp3) is 0.571. The van der Waals surface area contributed by atoms with E-state index in [-0.39, 0.29) is 6.04 Å². The molecule has 0 bridgehead atoms. The maximum Gasteiger partial charge on any atom is 0.203 e. The molecule has 0 amide bonds. The zero-order valence-electron chi connectivity index (χ0n) is 11.3. The van der Waals surface area contributed by atoms with E-state index >= 15 is 0 Å². The molecule has 0 heterocycles. The van der Waals surface area contributed by atoms with Crippen LogP contribution in [0.4, 0.5) is 0 Å². The molecule has 4 heteroatoms. The van der Waals surface area contributed by atoms with E-state index in [1.54, 1.807) is 21.3 Å². The highest BCUT2D eigenvalue weighted by Gasteiger charge is 2.23. The first-order valence-electron chi connectivity index (χ1n) is 6.27. The molecule has 0 saturated carbocycles. The number of benzene rings is 1. The van der Waals surface area contributed by atoms with Gasteiger partial charge in [0, 0.05) is 11.6 Å². The Morgan fingerprint density at radius 1 is 1.11 bits per heavy atom. The van der Waals surface area contributed by atoms with Gasteiger partial charge in [0.1, 0.15) is 0 Å². The van der Waals surface area contributed by atoms with Gasteiger partial charge in [0.25, 0.3) is 0 Å². The SMILES string of the molecule is COc1cc2c(c(OC)c1OC)CC(N)CCC2. The molecular weight excluding hydrogens is 230 g/mol. The summed E-state index contributed by atoms with van der Waals surface area (Å²) < 4.78 is 16.3. The molecule has 2 rings (SSSR count). The van der Waals surface area contributed by atoms with Crippen LogP contribution in [0.3, 0.4) is 0 Å². The quantitative estimate of drug-likeness (QED) is 0.834. The summed E-state index contributed by atoms with van der Waals surface area (Å²) in [6.45, 7) is 0. The van der Waals surface area contributed by atoms with Crippen molar-refractivity contribution in [3.8, 4) is 17.2 Å². The van der Waals surface area contributed by atoms with Crippen molar-refractivity contribution in [2.45, 2.75) is 31.7 Å². The lowest BCUT2D eigenvalue weighted by Crippen LogP contribution is -2.21. The van der Waals surface area contributed by atoms with Crippen LogP contribution in [0.15, 0.2) is 6.07 Å². The smallest absolute Gasteiger partial charge is 0.203 e. The van der Waals surface area contributed by atoms with E-state index < -0.39 is 0 Å². The highest BCUT2D eigenvalue weighted by molar-refractivity contribution is 5.59. The van der Waals surface area contributed by atoms with Crippen LogP contribution in [0.1, 0.15) is 24.0 Å². The molecule has 0 spiro atoms. The van der Waals surface area contributed by atoms with Gasteiger partial charge >= 0.3 is 0 Å². The number of hydrogen-bond donors (Lipinski definition) is 1. The minimum atomic E-state index is 0.193. The normalized spacial score (nSPS) is 18.8. The first-order valence-corrected chi connectivity index (χ1v) is 6.27. The second-order valence-corrected chi connectivity index (χ2v) is 4.64. The van der Waals surface area contributed by atoms with E-state index in [0.717, 1.165) is 37.2 Å². The Morgan fingerprint density at radius 2 is 1.83 bits per heavy atom. The molecule has 0 saturated heterocycles. The maximum atomic E-state index is 6.11. The number of rotatable bonds is 3. The molecule has 1 aromatic rings. The van der Waals surface area contributed by atoms with Crippen molar-refractivity contribution in [2.75, 3.05) is 21.3 Å². The summed E-state index contributed by atoms with van der Waals surface area (Å²) in [5.41, 5.74) is 8.54. The zero-order chi connectivity index (χ0) is 13.1. The molecule has 1 unspecified atom stereocenters. The number of ether oxygens (including phenoxy) is 3. The third kappa shape index (κ3) is 2.25. The van der Waals surface area contributed by atoms with Crippen LogP contribution in [-0.4, -0.2) is 27.4 Å². The number of fused-ring (bicyclic) bond motifs is 1. The third-order valence-electron chi connectivity index (χ3n) is 3.51. The number of hydrogen-bond acceptors (Lipinski definition) is 4. The van der Waals surface area contributed by atoms with Crippen LogP contribution >= 0.6 is 0 Å². The van der Waals surface area contributed by atoms with Crippen molar-refractivity contribution < 1.29 is 14.2 Å². The highest BCUT2D eigenvalue weighted by atomic mass is 16.5. The lowest BCUT2D eigenvalue weighted by molar-refractivity contribution is 0.321. The average Bonchev–Trinajstić information content (AvgIpc) is 2.56. The lowest BCUT2D eigenvalue weighted by atomic mass is 9.99. The largest absolute Gasteiger partial charge is 0.493 e. The van der Waals surface area contributed by atoms with Gasteiger partial charge in [0.2, 0.25) is 5.75 Å². The Morgan fingerprint density at radius 3 is 2.44 bits per heavy atom. The van der Waals surface area contributed by atoms with Crippen molar-refractivity contribution in [3.05, 3.63) is 17.2 Å². The zero-order valence-corrected chi connectivity index (χ0v) is 11.3. The van der Waals surface area contributed by atoms with Gasteiger partial charge in [-0.3, -0.25) is 0 Å². The first kappa shape index (κ1) is 13.0. The topological polar surface area (TPSA) is 53.7 Å². The minimum absolute atomic E-state index is 0.193. The van der Waals surface area contributed by atoms with Crippen molar-refractivity contribution in [1.29, 1.82) is 0 Å². The Labute approximate surface area is 108 Å². The molecule has 0 fully saturated rings. The van der Waals surface area contributed by atoms with Crippen molar-refractivity contribution in [1.82, 2.24) is 0 Å². The van der Waals surface area contributed by atoms with Crippen LogP contribution in [0.25, 0.3) is 0 Å². The molecule has 2 N–H and O–H groups in total. The Kier molecular flexibility index (Phi) is 3.97. The molecule has 0 aliphatic heterocycles. The fourth-order valence-electron chi connectivity index (χ4n) is 2.63. The molecule has 1 aliphatic carbocycles. The Bertz CT molecular complexity index is 432. The summed E-state index contributed by atoms with van der Waals surface area (Å²) >= 11 is 0. The van der Waals surface area contributed by atoms with Crippen LogP contribution in [-0.2, 0) is 12.8 Å². The van der Waals surface area contributed by atoms with Crippen LogP contribution < -0.4 is 19.9 Å². The van der Waals surface area contributed by atoms with Gasteiger partial charge in [0.05, 0.1) is 21.3 Å². The van der Waals surface area contributed by atoms with E-state index in [4.69, 9.17) is 19.9 Å². The molecule has 100 valence electrons. The fourth-order valence-corrected chi connectivity index (χ4v) is 2.63. The van der Waals surface area contributed by atoms with Crippen molar-refractivity contribution in [3.63, 3.8) is 0 Å². The predicted octanol–water partition coefficient (Wildman–Crippen LogP) is 1.92.